The number of rotatable bonds is 5. The van der Waals surface area contributed by atoms with Gasteiger partial charge in [-0.3, -0.25) is 0 Å². The Morgan fingerprint density at radius 2 is 1.61 bits per heavy atom. The Bertz CT molecular complexity index is 361. The van der Waals surface area contributed by atoms with E-state index in [2.05, 4.69) is 0 Å². The Morgan fingerprint density at radius 1 is 1.11 bits per heavy atom. The topological polar surface area (TPSA) is 72.6 Å². The third-order valence-electron chi connectivity index (χ3n) is 2.92. The van der Waals surface area contributed by atoms with E-state index in [1.54, 1.807) is 4.31 Å². The van der Waals surface area contributed by atoms with Crippen LogP contribution in [0.15, 0.2) is 0 Å². The first kappa shape index (κ1) is 15.9. The predicted octanol–water partition coefficient (Wildman–Crippen LogP) is 0.945. The Balaban J connectivity index is 2.75. The van der Waals surface area contributed by atoms with Crippen molar-refractivity contribution < 1.29 is 13.2 Å². The fourth-order valence-electron chi connectivity index (χ4n) is 2.47. The maximum absolute atomic E-state index is 12.3. The van der Waals surface area contributed by atoms with Crippen LogP contribution in [-0.2, 0) is 14.8 Å². The molecule has 0 amide bonds. The highest BCUT2D eigenvalue weighted by molar-refractivity contribution is 7.89. The zero-order valence-electron chi connectivity index (χ0n) is 11.9. The minimum absolute atomic E-state index is 0.177. The van der Waals surface area contributed by atoms with Gasteiger partial charge >= 0.3 is 0 Å². The molecule has 0 aromatic heterocycles. The number of morpholine rings is 1. The molecule has 5 nitrogen and oxygen atoms in total. The van der Waals surface area contributed by atoms with Crippen LogP contribution < -0.4 is 5.73 Å². The first-order valence-electron chi connectivity index (χ1n) is 6.46. The van der Waals surface area contributed by atoms with Crippen LogP contribution >= 0.6 is 0 Å². The fourth-order valence-corrected chi connectivity index (χ4v) is 4.31. The van der Waals surface area contributed by atoms with Crippen LogP contribution in [0.3, 0.4) is 0 Å². The molecule has 1 saturated heterocycles. The standard InChI is InChI=1S/C12H26N2O3S/c1-11(2)9-14(10-12(3,4)17-11)18(15,16)8-6-5-7-13/h5-10,13H2,1-4H3. The average molecular weight is 278 g/mol. The van der Waals surface area contributed by atoms with Crippen molar-refractivity contribution in [3.63, 3.8) is 0 Å². The van der Waals surface area contributed by atoms with Gasteiger partial charge in [0.05, 0.1) is 17.0 Å². The van der Waals surface area contributed by atoms with Crippen LogP contribution in [0, 0.1) is 0 Å². The maximum Gasteiger partial charge on any atom is 0.214 e. The average Bonchev–Trinajstić information content (AvgIpc) is 2.12. The summed E-state index contributed by atoms with van der Waals surface area (Å²) in [7, 11) is -3.20. The molecule has 2 N–H and O–H groups in total. The lowest BCUT2D eigenvalue weighted by Crippen LogP contribution is -2.58. The molecule has 6 heteroatoms. The van der Waals surface area contributed by atoms with Gasteiger partial charge < -0.3 is 10.5 Å². The van der Waals surface area contributed by atoms with Crippen molar-refractivity contribution in [1.82, 2.24) is 4.31 Å². The van der Waals surface area contributed by atoms with Gasteiger partial charge in [0, 0.05) is 13.1 Å². The summed E-state index contributed by atoms with van der Waals surface area (Å²) in [4.78, 5) is 0. The van der Waals surface area contributed by atoms with Crippen LogP contribution in [0.4, 0.5) is 0 Å². The molecule has 108 valence electrons. The van der Waals surface area contributed by atoms with Gasteiger partial charge in [-0.15, -0.1) is 0 Å². The summed E-state index contributed by atoms with van der Waals surface area (Å²) in [5, 5.41) is 0. The second-order valence-electron chi connectivity index (χ2n) is 6.20. The molecule has 18 heavy (non-hydrogen) atoms. The van der Waals surface area contributed by atoms with E-state index in [1.165, 1.54) is 0 Å². The highest BCUT2D eigenvalue weighted by Crippen LogP contribution is 2.29. The van der Waals surface area contributed by atoms with Crippen molar-refractivity contribution in [1.29, 1.82) is 0 Å². The minimum Gasteiger partial charge on any atom is -0.367 e. The van der Waals surface area contributed by atoms with E-state index in [1.807, 2.05) is 27.7 Å². The summed E-state index contributed by atoms with van der Waals surface area (Å²) < 4.78 is 32.0. The summed E-state index contributed by atoms with van der Waals surface area (Å²) in [6.45, 7) is 9.08. The molecule has 0 aromatic rings. The van der Waals surface area contributed by atoms with Crippen LogP contribution in [0.2, 0.25) is 0 Å². The second-order valence-corrected chi connectivity index (χ2v) is 8.29. The first-order chi connectivity index (χ1) is 8.08. The zero-order chi connectivity index (χ0) is 14.0. The Morgan fingerprint density at radius 3 is 2.06 bits per heavy atom. The van der Waals surface area contributed by atoms with E-state index in [4.69, 9.17) is 10.5 Å². The van der Waals surface area contributed by atoms with Crippen LogP contribution in [0.1, 0.15) is 40.5 Å². The molecule has 0 spiro atoms. The molecular formula is C12H26N2O3S. The molecule has 1 rings (SSSR count). The fraction of sp³-hybridized carbons (Fsp3) is 1.00. The van der Waals surface area contributed by atoms with E-state index in [0.29, 0.717) is 26.1 Å². The monoisotopic (exact) mass is 278 g/mol. The lowest BCUT2D eigenvalue weighted by molar-refractivity contribution is -0.163. The minimum atomic E-state index is -3.20. The lowest BCUT2D eigenvalue weighted by atomic mass is 10.0. The molecule has 1 fully saturated rings. The van der Waals surface area contributed by atoms with Gasteiger partial charge in [0.15, 0.2) is 0 Å². The molecule has 0 radical (unpaired) electrons. The van der Waals surface area contributed by atoms with Gasteiger partial charge in [0.2, 0.25) is 10.0 Å². The van der Waals surface area contributed by atoms with Crippen molar-refractivity contribution in [3.8, 4) is 0 Å². The first-order valence-corrected chi connectivity index (χ1v) is 8.07. The van der Waals surface area contributed by atoms with E-state index in [9.17, 15) is 8.42 Å². The predicted molar refractivity (Wildman–Crippen MR) is 72.9 cm³/mol. The van der Waals surface area contributed by atoms with Crippen molar-refractivity contribution in [2.75, 3.05) is 25.4 Å². The molecule has 0 aliphatic carbocycles. The summed E-state index contributed by atoms with van der Waals surface area (Å²) in [6, 6.07) is 0. The Hall–Kier alpha value is -0.170. The number of nitrogens with two attached hydrogens (primary N) is 1. The van der Waals surface area contributed by atoms with Crippen molar-refractivity contribution in [2.24, 2.45) is 5.73 Å². The van der Waals surface area contributed by atoms with E-state index in [0.717, 1.165) is 6.42 Å². The van der Waals surface area contributed by atoms with E-state index < -0.39 is 21.2 Å². The second kappa shape index (κ2) is 5.45. The van der Waals surface area contributed by atoms with E-state index in [-0.39, 0.29) is 5.75 Å². The van der Waals surface area contributed by atoms with Gasteiger partial charge in [-0.25, -0.2) is 8.42 Å². The van der Waals surface area contributed by atoms with Crippen molar-refractivity contribution in [2.45, 2.75) is 51.7 Å². The number of hydrogen-bond acceptors (Lipinski definition) is 4. The third-order valence-corrected chi connectivity index (χ3v) is 4.77. The van der Waals surface area contributed by atoms with Gasteiger partial charge in [-0.1, -0.05) is 0 Å². The van der Waals surface area contributed by atoms with Gasteiger partial charge in [0.25, 0.3) is 0 Å². The summed E-state index contributed by atoms with van der Waals surface area (Å²) in [6.07, 6.45) is 1.37. The maximum atomic E-state index is 12.3. The van der Waals surface area contributed by atoms with Crippen molar-refractivity contribution in [3.05, 3.63) is 0 Å². The Labute approximate surface area is 111 Å². The highest BCUT2D eigenvalue weighted by Gasteiger charge is 2.42. The molecule has 0 atom stereocenters. The summed E-state index contributed by atoms with van der Waals surface area (Å²) >= 11 is 0. The molecule has 0 saturated carbocycles. The zero-order valence-corrected chi connectivity index (χ0v) is 12.7. The van der Waals surface area contributed by atoms with Gasteiger partial charge in [0.1, 0.15) is 0 Å². The smallest absolute Gasteiger partial charge is 0.214 e. The number of nitrogens with zero attached hydrogens (tertiary/aromatic N) is 1. The van der Waals surface area contributed by atoms with Crippen LogP contribution in [-0.4, -0.2) is 49.3 Å². The van der Waals surface area contributed by atoms with Crippen molar-refractivity contribution >= 4 is 10.0 Å². The number of ether oxygens (including phenoxy) is 1. The number of hydrogen-bond donors (Lipinski definition) is 1. The normalized spacial score (nSPS) is 24.1. The number of unbranched alkanes of at least 4 members (excludes halogenated alkanes) is 1. The quantitative estimate of drug-likeness (QED) is 0.760. The van der Waals surface area contributed by atoms with E-state index >= 15 is 0 Å². The molecular weight excluding hydrogens is 252 g/mol. The summed E-state index contributed by atoms with van der Waals surface area (Å²) in [5.41, 5.74) is 4.51. The molecule has 0 aromatic carbocycles. The molecule has 1 aliphatic rings. The molecule has 1 aliphatic heterocycles. The lowest BCUT2D eigenvalue weighted by Gasteiger charge is -2.46. The third kappa shape index (κ3) is 4.50. The highest BCUT2D eigenvalue weighted by atomic mass is 32.2. The molecule has 0 bridgehead atoms. The SMILES string of the molecule is CC1(C)CN(S(=O)(=O)CCCCN)CC(C)(C)O1. The van der Waals surface area contributed by atoms with Gasteiger partial charge in [-0.05, 0) is 47.1 Å². The van der Waals surface area contributed by atoms with Gasteiger partial charge in [-0.2, -0.15) is 4.31 Å². The largest absolute Gasteiger partial charge is 0.367 e. The number of sulfonamides is 1. The summed E-state index contributed by atoms with van der Waals surface area (Å²) in [5.74, 6) is 0.177. The Kier molecular flexibility index (Phi) is 4.81. The molecule has 1 heterocycles. The molecule has 0 unspecified atom stereocenters. The van der Waals surface area contributed by atoms with Crippen LogP contribution in [0.25, 0.3) is 0 Å². The van der Waals surface area contributed by atoms with Crippen LogP contribution in [0.5, 0.6) is 0 Å².